The van der Waals surface area contributed by atoms with Gasteiger partial charge in [0.05, 0.1) is 0 Å². The van der Waals surface area contributed by atoms with Gasteiger partial charge in [0.15, 0.2) is 0 Å². The zero-order valence-corrected chi connectivity index (χ0v) is 11.4. The molecule has 96 valence electrons. The standard InChI is InChI=1S/C15H26N2/c1-13(2)9-10-15(11-16)17(3)12-14-7-5-4-6-8-14/h4-8,13,15H,9-12,16H2,1-3H3. The SMILES string of the molecule is CC(C)CCC(CN)N(C)Cc1ccccc1. The van der Waals surface area contributed by atoms with Crippen LogP contribution in [0.25, 0.3) is 0 Å². The lowest BCUT2D eigenvalue weighted by Crippen LogP contribution is -2.37. The van der Waals surface area contributed by atoms with Gasteiger partial charge < -0.3 is 5.73 Å². The minimum atomic E-state index is 0.498. The fourth-order valence-electron chi connectivity index (χ4n) is 2.04. The Morgan fingerprint density at radius 3 is 2.29 bits per heavy atom. The Hall–Kier alpha value is -0.860. The van der Waals surface area contributed by atoms with Crippen LogP contribution in [0.15, 0.2) is 30.3 Å². The minimum absolute atomic E-state index is 0.498. The summed E-state index contributed by atoms with van der Waals surface area (Å²) >= 11 is 0. The Morgan fingerprint density at radius 1 is 1.12 bits per heavy atom. The van der Waals surface area contributed by atoms with E-state index in [0.717, 1.165) is 19.0 Å². The number of hydrogen-bond donors (Lipinski definition) is 1. The van der Waals surface area contributed by atoms with E-state index in [1.165, 1.54) is 18.4 Å². The van der Waals surface area contributed by atoms with E-state index >= 15 is 0 Å². The summed E-state index contributed by atoms with van der Waals surface area (Å²) < 4.78 is 0. The molecule has 2 nitrogen and oxygen atoms in total. The van der Waals surface area contributed by atoms with E-state index in [9.17, 15) is 0 Å². The zero-order chi connectivity index (χ0) is 12.7. The molecule has 1 aromatic rings. The molecule has 2 N–H and O–H groups in total. The van der Waals surface area contributed by atoms with Crippen molar-refractivity contribution >= 4 is 0 Å². The third kappa shape index (κ3) is 5.33. The summed E-state index contributed by atoms with van der Waals surface area (Å²) in [6, 6.07) is 11.1. The molecule has 0 aliphatic carbocycles. The lowest BCUT2D eigenvalue weighted by atomic mass is 10.0. The van der Waals surface area contributed by atoms with Crippen LogP contribution < -0.4 is 5.73 Å². The van der Waals surface area contributed by atoms with Crippen molar-refractivity contribution in [3.05, 3.63) is 35.9 Å². The zero-order valence-electron chi connectivity index (χ0n) is 11.4. The fourth-order valence-corrected chi connectivity index (χ4v) is 2.04. The molecule has 17 heavy (non-hydrogen) atoms. The van der Waals surface area contributed by atoms with Crippen molar-refractivity contribution in [2.45, 2.75) is 39.3 Å². The summed E-state index contributed by atoms with van der Waals surface area (Å²) in [5.41, 5.74) is 7.23. The van der Waals surface area contributed by atoms with E-state index in [1.54, 1.807) is 0 Å². The average molecular weight is 234 g/mol. The van der Waals surface area contributed by atoms with Crippen LogP contribution in [0, 0.1) is 5.92 Å². The predicted octanol–water partition coefficient (Wildman–Crippen LogP) is 2.88. The van der Waals surface area contributed by atoms with Crippen molar-refractivity contribution < 1.29 is 0 Å². The van der Waals surface area contributed by atoms with Crippen LogP contribution in [0.1, 0.15) is 32.3 Å². The molecule has 0 amide bonds. The van der Waals surface area contributed by atoms with Crippen molar-refractivity contribution in [1.29, 1.82) is 0 Å². The predicted molar refractivity (Wildman–Crippen MR) is 74.8 cm³/mol. The van der Waals surface area contributed by atoms with Gasteiger partial charge in [-0.05, 0) is 31.4 Å². The second-order valence-electron chi connectivity index (χ2n) is 5.26. The molecule has 1 aromatic carbocycles. The normalized spacial score (nSPS) is 13.3. The van der Waals surface area contributed by atoms with Gasteiger partial charge >= 0.3 is 0 Å². The Kier molecular flexibility index (Phi) is 6.23. The van der Waals surface area contributed by atoms with Gasteiger partial charge in [-0.15, -0.1) is 0 Å². The third-order valence-corrected chi connectivity index (χ3v) is 3.25. The first-order valence-corrected chi connectivity index (χ1v) is 6.57. The molecule has 0 spiro atoms. The van der Waals surface area contributed by atoms with Crippen molar-refractivity contribution in [2.24, 2.45) is 11.7 Å². The van der Waals surface area contributed by atoms with Crippen molar-refractivity contribution in [3.8, 4) is 0 Å². The highest BCUT2D eigenvalue weighted by Crippen LogP contribution is 2.13. The quantitative estimate of drug-likeness (QED) is 0.786. The van der Waals surface area contributed by atoms with E-state index in [4.69, 9.17) is 5.73 Å². The summed E-state index contributed by atoms with van der Waals surface area (Å²) in [5.74, 6) is 0.758. The van der Waals surface area contributed by atoms with Gasteiger partial charge in [-0.1, -0.05) is 44.2 Å². The highest BCUT2D eigenvalue weighted by Gasteiger charge is 2.13. The number of rotatable bonds is 7. The molecule has 2 heteroatoms. The van der Waals surface area contributed by atoms with Gasteiger partial charge in [0.1, 0.15) is 0 Å². The summed E-state index contributed by atoms with van der Waals surface area (Å²) in [4.78, 5) is 2.37. The molecular formula is C15H26N2. The Balaban J connectivity index is 2.46. The van der Waals surface area contributed by atoms with Crippen LogP contribution >= 0.6 is 0 Å². The molecular weight excluding hydrogens is 208 g/mol. The van der Waals surface area contributed by atoms with Gasteiger partial charge in [0, 0.05) is 19.1 Å². The smallest absolute Gasteiger partial charge is 0.0234 e. The maximum absolute atomic E-state index is 5.87. The second-order valence-corrected chi connectivity index (χ2v) is 5.26. The number of nitrogens with zero attached hydrogens (tertiary/aromatic N) is 1. The second kappa shape index (κ2) is 7.46. The van der Waals surface area contributed by atoms with Crippen LogP contribution in [0.3, 0.4) is 0 Å². The van der Waals surface area contributed by atoms with E-state index in [-0.39, 0.29) is 0 Å². The van der Waals surface area contributed by atoms with Crippen LogP contribution in [-0.2, 0) is 6.54 Å². The van der Waals surface area contributed by atoms with Gasteiger partial charge in [0.25, 0.3) is 0 Å². The number of hydrogen-bond acceptors (Lipinski definition) is 2. The molecule has 1 rings (SSSR count). The lowest BCUT2D eigenvalue weighted by Gasteiger charge is -2.27. The molecule has 0 bridgehead atoms. The van der Waals surface area contributed by atoms with Crippen LogP contribution in [0.5, 0.6) is 0 Å². The summed E-state index contributed by atoms with van der Waals surface area (Å²) in [5, 5.41) is 0. The van der Waals surface area contributed by atoms with Gasteiger partial charge in [-0.3, -0.25) is 4.90 Å². The average Bonchev–Trinajstić information content (AvgIpc) is 2.30. The third-order valence-electron chi connectivity index (χ3n) is 3.25. The summed E-state index contributed by atoms with van der Waals surface area (Å²) in [6.45, 7) is 6.27. The van der Waals surface area contributed by atoms with Crippen molar-refractivity contribution in [2.75, 3.05) is 13.6 Å². The lowest BCUT2D eigenvalue weighted by molar-refractivity contribution is 0.218. The molecule has 1 atom stereocenters. The fraction of sp³-hybridized carbons (Fsp3) is 0.600. The van der Waals surface area contributed by atoms with E-state index in [2.05, 4.69) is 56.1 Å². The molecule has 0 fully saturated rings. The molecule has 0 saturated heterocycles. The monoisotopic (exact) mass is 234 g/mol. The van der Waals surface area contributed by atoms with E-state index in [1.807, 2.05) is 0 Å². The van der Waals surface area contributed by atoms with E-state index < -0.39 is 0 Å². The van der Waals surface area contributed by atoms with Crippen molar-refractivity contribution in [3.63, 3.8) is 0 Å². The van der Waals surface area contributed by atoms with Crippen LogP contribution in [0.4, 0.5) is 0 Å². The van der Waals surface area contributed by atoms with Crippen LogP contribution in [-0.4, -0.2) is 24.5 Å². The molecule has 0 aliphatic heterocycles. The largest absolute Gasteiger partial charge is 0.329 e. The minimum Gasteiger partial charge on any atom is -0.329 e. The Labute approximate surface area is 106 Å². The number of likely N-dealkylation sites (N-methyl/N-ethyl adjacent to an activating group) is 1. The first-order chi connectivity index (χ1) is 8.13. The maximum Gasteiger partial charge on any atom is 0.0234 e. The van der Waals surface area contributed by atoms with Gasteiger partial charge in [0.2, 0.25) is 0 Å². The molecule has 0 aromatic heterocycles. The Bertz CT molecular complexity index is 295. The highest BCUT2D eigenvalue weighted by molar-refractivity contribution is 5.14. The van der Waals surface area contributed by atoms with Gasteiger partial charge in [-0.25, -0.2) is 0 Å². The molecule has 0 radical (unpaired) electrons. The first kappa shape index (κ1) is 14.2. The maximum atomic E-state index is 5.87. The topological polar surface area (TPSA) is 29.3 Å². The molecule has 0 saturated carbocycles. The van der Waals surface area contributed by atoms with Crippen molar-refractivity contribution in [1.82, 2.24) is 4.90 Å². The first-order valence-electron chi connectivity index (χ1n) is 6.57. The summed E-state index contributed by atoms with van der Waals surface area (Å²) in [7, 11) is 2.17. The number of benzene rings is 1. The van der Waals surface area contributed by atoms with E-state index in [0.29, 0.717) is 6.04 Å². The van der Waals surface area contributed by atoms with Crippen LogP contribution in [0.2, 0.25) is 0 Å². The van der Waals surface area contributed by atoms with Gasteiger partial charge in [-0.2, -0.15) is 0 Å². The Morgan fingerprint density at radius 2 is 1.76 bits per heavy atom. The number of nitrogens with two attached hydrogens (primary N) is 1. The molecule has 0 aliphatic rings. The summed E-state index contributed by atoms with van der Waals surface area (Å²) in [6.07, 6.45) is 2.44. The highest BCUT2D eigenvalue weighted by atomic mass is 15.1. The molecule has 0 heterocycles. The molecule has 1 unspecified atom stereocenters.